The molecule has 1 saturated carbocycles. The van der Waals surface area contributed by atoms with Gasteiger partial charge in [0.15, 0.2) is 5.75 Å². The Hall–Kier alpha value is -2.21. The average Bonchev–Trinajstić information content (AvgIpc) is 3.21. The lowest BCUT2D eigenvalue weighted by Gasteiger charge is -2.14. The third kappa shape index (κ3) is 3.64. The number of halogens is 1. The molecule has 2 atom stereocenters. The van der Waals surface area contributed by atoms with Crippen molar-refractivity contribution in [2.75, 3.05) is 11.9 Å². The van der Waals surface area contributed by atoms with Crippen molar-refractivity contribution in [2.45, 2.75) is 27.2 Å². The lowest BCUT2D eigenvalue weighted by Crippen LogP contribution is -2.21. The minimum absolute atomic E-state index is 0.0483. The number of carbonyl (C=O) groups excluding carboxylic acids is 1. The molecule has 7 heteroatoms. The standard InChI is InChI=1S/C17H19ClN4O2/c1-10-14(8-19-11(2)21-10)24-9-17(3)6-13(17)16(23)22-15-5-4-12(18)7-20-15/h4-5,7-8,13H,6,9H2,1-3H3,(H,20,22,23)/t13-,17+/m0/s1. The van der Waals surface area contributed by atoms with E-state index in [0.717, 1.165) is 12.1 Å². The Morgan fingerprint density at radius 3 is 2.83 bits per heavy atom. The van der Waals surface area contributed by atoms with Crippen LogP contribution in [0.25, 0.3) is 0 Å². The van der Waals surface area contributed by atoms with Gasteiger partial charge in [-0.05, 0) is 32.4 Å². The molecule has 2 aromatic rings. The van der Waals surface area contributed by atoms with Gasteiger partial charge in [-0.1, -0.05) is 18.5 Å². The Kier molecular flexibility index (Phi) is 4.41. The SMILES string of the molecule is Cc1ncc(OC[C@@]2(C)C[C@H]2C(=O)Nc2ccc(Cl)cn2)c(C)n1. The van der Waals surface area contributed by atoms with E-state index in [2.05, 4.69) is 20.3 Å². The second-order valence-corrected chi connectivity index (χ2v) is 6.85. The van der Waals surface area contributed by atoms with Gasteiger partial charge in [-0.25, -0.2) is 15.0 Å². The van der Waals surface area contributed by atoms with Crippen molar-refractivity contribution in [3.05, 3.63) is 41.1 Å². The van der Waals surface area contributed by atoms with Crippen molar-refractivity contribution in [1.29, 1.82) is 0 Å². The minimum Gasteiger partial charge on any atom is -0.489 e. The molecule has 0 saturated heterocycles. The largest absolute Gasteiger partial charge is 0.489 e. The van der Waals surface area contributed by atoms with Crippen LogP contribution in [0.2, 0.25) is 5.02 Å². The van der Waals surface area contributed by atoms with E-state index < -0.39 is 0 Å². The van der Waals surface area contributed by atoms with Crippen molar-refractivity contribution in [2.24, 2.45) is 11.3 Å². The topological polar surface area (TPSA) is 77.0 Å². The van der Waals surface area contributed by atoms with E-state index in [9.17, 15) is 4.79 Å². The van der Waals surface area contributed by atoms with Crippen molar-refractivity contribution >= 4 is 23.3 Å². The molecule has 0 radical (unpaired) electrons. The third-order valence-electron chi connectivity index (χ3n) is 4.26. The maximum atomic E-state index is 12.3. The molecule has 0 aromatic carbocycles. The van der Waals surface area contributed by atoms with Crippen LogP contribution in [0.3, 0.4) is 0 Å². The Bertz CT molecular complexity index is 766. The summed E-state index contributed by atoms with van der Waals surface area (Å²) in [5.41, 5.74) is 0.617. The predicted molar refractivity (Wildman–Crippen MR) is 91.1 cm³/mol. The second kappa shape index (κ2) is 6.36. The number of amides is 1. The van der Waals surface area contributed by atoms with Crippen molar-refractivity contribution < 1.29 is 9.53 Å². The zero-order valence-corrected chi connectivity index (χ0v) is 14.6. The van der Waals surface area contributed by atoms with Gasteiger partial charge in [0.25, 0.3) is 0 Å². The normalized spacial score (nSPS) is 22.1. The third-order valence-corrected chi connectivity index (χ3v) is 4.48. The summed E-state index contributed by atoms with van der Waals surface area (Å²) in [4.78, 5) is 24.8. The summed E-state index contributed by atoms with van der Waals surface area (Å²) >= 11 is 5.79. The number of nitrogens with zero attached hydrogens (tertiary/aromatic N) is 3. The molecule has 0 spiro atoms. The molecule has 126 valence electrons. The maximum absolute atomic E-state index is 12.3. The predicted octanol–water partition coefficient (Wildman–Crippen LogP) is 3.19. The van der Waals surface area contributed by atoms with E-state index in [1.165, 1.54) is 6.20 Å². The Balaban J connectivity index is 1.56. The number of carbonyl (C=O) groups is 1. The molecule has 1 aliphatic rings. The summed E-state index contributed by atoms with van der Waals surface area (Å²) in [6, 6.07) is 3.38. The molecular formula is C17H19ClN4O2. The first-order valence-electron chi connectivity index (χ1n) is 7.73. The summed E-state index contributed by atoms with van der Waals surface area (Å²) < 4.78 is 5.83. The van der Waals surface area contributed by atoms with E-state index in [0.29, 0.717) is 29.0 Å². The van der Waals surface area contributed by atoms with Crippen LogP contribution in [-0.2, 0) is 4.79 Å². The van der Waals surface area contributed by atoms with Gasteiger partial charge in [-0.2, -0.15) is 0 Å². The molecule has 2 heterocycles. The molecule has 0 bridgehead atoms. The van der Waals surface area contributed by atoms with Crippen LogP contribution in [0.15, 0.2) is 24.5 Å². The highest BCUT2D eigenvalue weighted by molar-refractivity contribution is 6.30. The summed E-state index contributed by atoms with van der Waals surface area (Å²) in [5, 5.41) is 3.35. The molecular weight excluding hydrogens is 328 g/mol. The number of hydrogen-bond donors (Lipinski definition) is 1. The highest BCUT2D eigenvalue weighted by Gasteiger charge is 2.55. The van der Waals surface area contributed by atoms with Crippen LogP contribution in [0, 0.1) is 25.2 Å². The highest BCUT2D eigenvalue weighted by Crippen LogP contribution is 2.52. The highest BCUT2D eigenvalue weighted by atomic mass is 35.5. The molecule has 1 aliphatic carbocycles. The first-order valence-corrected chi connectivity index (χ1v) is 8.11. The number of rotatable bonds is 5. The zero-order valence-electron chi connectivity index (χ0n) is 13.8. The monoisotopic (exact) mass is 346 g/mol. The van der Waals surface area contributed by atoms with E-state index in [1.807, 2.05) is 20.8 Å². The molecule has 3 rings (SSSR count). The zero-order chi connectivity index (χ0) is 17.3. The Morgan fingerprint density at radius 2 is 2.17 bits per heavy atom. The van der Waals surface area contributed by atoms with E-state index in [4.69, 9.17) is 16.3 Å². The number of ether oxygens (including phenoxy) is 1. The molecule has 1 N–H and O–H groups in total. The lowest BCUT2D eigenvalue weighted by molar-refractivity contribution is -0.118. The number of hydrogen-bond acceptors (Lipinski definition) is 5. The summed E-state index contributed by atoms with van der Waals surface area (Å²) in [7, 11) is 0. The van der Waals surface area contributed by atoms with Crippen LogP contribution in [0.1, 0.15) is 24.9 Å². The van der Waals surface area contributed by atoms with Crippen molar-refractivity contribution in [3.63, 3.8) is 0 Å². The molecule has 0 aliphatic heterocycles. The van der Waals surface area contributed by atoms with E-state index in [-0.39, 0.29) is 17.2 Å². The molecule has 1 amide bonds. The second-order valence-electron chi connectivity index (χ2n) is 6.42. The maximum Gasteiger partial charge on any atom is 0.229 e. The van der Waals surface area contributed by atoms with Gasteiger partial charge in [-0.15, -0.1) is 0 Å². The van der Waals surface area contributed by atoms with E-state index in [1.54, 1.807) is 18.3 Å². The molecule has 6 nitrogen and oxygen atoms in total. The van der Waals surface area contributed by atoms with Crippen LogP contribution in [-0.4, -0.2) is 27.5 Å². The fourth-order valence-electron chi connectivity index (χ4n) is 2.60. The number of pyridine rings is 1. The Morgan fingerprint density at radius 1 is 1.38 bits per heavy atom. The van der Waals surface area contributed by atoms with Crippen LogP contribution < -0.4 is 10.1 Å². The van der Waals surface area contributed by atoms with Gasteiger partial charge in [0.2, 0.25) is 5.91 Å². The van der Waals surface area contributed by atoms with Gasteiger partial charge in [0.1, 0.15) is 11.6 Å². The molecule has 2 aromatic heterocycles. The summed E-state index contributed by atoms with van der Waals surface area (Å²) in [5.74, 6) is 1.73. The molecule has 0 unspecified atom stereocenters. The summed E-state index contributed by atoms with van der Waals surface area (Å²) in [6.45, 7) is 6.21. The van der Waals surface area contributed by atoms with Gasteiger partial charge >= 0.3 is 0 Å². The van der Waals surface area contributed by atoms with Crippen LogP contribution >= 0.6 is 11.6 Å². The number of aryl methyl sites for hydroxylation is 2. The van der Waals surface area contributed by atoms with Gasteiger partial charge in [0, 0.05) is 17.5 Å². The average molecular weight is 347 g/mol. The smallest absolute Gasteiger partial charge is 0.229 e. The fourth-order valence-corrected chi connectivity index (χ4v) is 2.71. The van der Waals surface area contributed by atoms with Gasteiger partial charge in [0.05, 0.1) is 23.5 Å². The first-order chi connectivity index (χ1) is 11.4. The van der Waals surface area contributed by atoms with Crippen LogP contribution in [0.4, 0.5) is 5.82 Å². The molecule has 24 heavy (non-hydrogen) atoms. The van der Waals surface area contributed by atoms with Crippen LogP contribution in [0.5, 0.6) is 5.75 Å². The van der Waals surface area contributed by atoms with Crippen molar-refractivity contribution in [1.82, 2.24) is 15.0 Å². The first kappa shape index (κ1) is 16.6. The molecule has 1 fully saturated rings. The summed E-state index contributed by atoms with van der Waals surface area (Å²) in [6.07, 6.45) is 3.96. The minimum atomic E-state index is -0.187. The van der Waals surface area contributed by atoms with Crippen molar-refractivity contribution in [3.8, 4) is 5.75 Å². The Labute approximate surface area is 145 Å². The quantitative estimate of drug-likeness (QED) is 0.899. The number of nitrogens with one attached hydrogen (secondary N) is 1. The van der Waals surface area contributed by atoms with Gasteiger partial charge in [-0.3, -0.25) is 4.79 Å². The number of aromatic nitrogens is 3. The van der Waals surface area contributed by atoms with Gasteiger partial charge < -0.3 is 10.1 Å². The lowest BCUT2D eigenvalue weighted by atomic mass is 10.1. The van der Waals surface area contributed by atoms with E-state index >= 15 is 0 Å². The fraction of sp³-hybridized carbons (Fsp3) is 0.412. The number of anilines is 1.